The first kappa shape index (κ1) is 21.0. The monoisotopic (exact) mass is 415 g/mol. The second-order valence-corrected chi connectivity index (χ2v) is 7.91. The quantitative estimate of drug-likeness (QED) is 0.456. The van der Waals surface area contributed by atoms with Crippen LogP contribution in [0.15, 0.2) is 72.3 Å². The van der Waals surface area contributed by atoms with E-state index in [9.17, 15) is 4.79 Å². The minimum Gasteiger partial charge on any atom is -0.496 e. The highest BCUT2D eigenvalue weighted by Gasteiger charge is 2.12. The number of methoxy groups -OCH3 is 1. The maximum Gasteiger partial charge on any atom is 0.251 e. The Balaban J connectivity index is 1.43. The van der Waals surface area contributed by atoms with Gasteiger partial charge in [-0.3, -0.25) is 4.79 Å². The number of hydrogen-bond acceptors (Lipinski definition) is 3. The number of carbonyl (C=O) groups is 1. The van der Waals surface area contributed by atoms with Crippen molar-refractivity contribution >= 4 is 16.7 Å². The summed E-state index contributed by atoms with van der Waals surface area (Å²) in [6.07, 6.45) is 8.13. The molecule has 0 atom stereocenters. The number of allylic oxidation sites excluding steroid dienone is 1. The predicted molar refractivity (Wildman–Crippen MR) is 125 cm³/mol. The summed E-state index contributed by atoms with van der Waals surface area (Å²) >= 11 is 0. The van der Waals surface area contributed by atoms with E-state index < -0.39 is 0 Å². The zero-order valence-corrected chi connectivity index (χ0v) is 18.0. The number of carbonyl (C=O) groups excluding carboxylic acids is 1. The van der Waals surface area contributed by atoms with Gasteiger partial charge in [-0.1, -0.05) is 48.0 Å². The van der Waals surface area contributed by atoms with Crippen LogP contribution in [0.5, 0.6) is 11.5 Å². The minimum atomic E-state index is -0.0644. The van der Waals surface area contributed by atoms with Gasteiger partial charge in [0.05, 0.1) is 7.11 Å². The van der Waals surface area contributed by atoms with Crippen molar-refractivity contribution in [2.45, 2.75) is 38.7 Å². The fourth-order valence-electron chi connectivity index (χ4n) is 4.08. The Morgan fingerprint density at radius 2 is 1.87 bits per heavy atom. The van der Waals surface area contributed by atoms with Crippen LogP contribution in [0.3, 0.4) is 0 Å². The van der Waals surface area contributed by atoms with E-state index in [1.54, 1.807) is 13.2 Å². The molecule has 0 aliphatic heterocycles. The molecular formula is C27H29NO3. The van der Waals surface area contributed by atoms with E-state index in [1.807, 2.05) is 42.5 Å². The fourth-order valence-corrected chi connectivity index (χ4v) is 4.08. The van der Waals surface area contributed by atoms with Gasteiger partial charge in [0, 0.05) is 23.1 Å². The SMILES string of the molecule is COc1ccc(C(=O)NCCC2=CCCCC2)cc1COc1cccc2ccccc12. The zero-order valence-electron chi connectivity index (χ0n) is 18.0. The van der Waals surface area contributed by atoms with Crippen molar-refractivity contribution in [2.24, 2.45) is 0 Å². The van der Waals surface area contributed by atoms with Gasteiger partial charge in [0.2, 0.25) is 0 Å². The van der Waals surface area contributed by atoms with Gasteiger partial charge in [-0.05, 0) is 61.8 Å². The van der Waals surface area contributed by atoms with Crippen LogP contribution in [0.4, 0.5) is 0 Å². The van der Waals surface area contributed by atoms with Gasteiger partial charge in [-0.15, -0.1) is 0 Å². The summed E-state index contributed by atoms with van der Waals surface area (Å²) in [7, 11) is 1.63. The molecule has 0 saturated carbocycles. The molecule has 1 amide bonds. The summed E-state index contributed by atoms with van der Waals surface area (Å²) in [4.78, 5) is 12.7. The summed E-state index contributed by atoms with van der Waals surface area (Å²) in [5, 5.41) is 5.24. The normalized spacial score (nSPS) is 13.5. The molecule has 0 fully saturated rings. The lowest BCUT2D eigenvalue weighted by atomic mass is 9.97. The topological polar surface area (TPSA) is 47.6 Å². The van der Waals surface area contributed by atoms with Gasteiger partial charge in [0.1, 0.15) is 18.1 Å². The Hall–Kier alpha value is -3.27. The van der Waals surface area contributed by atoms with Crippen LogP contribution >= 0.6 is 0 Å². The number of rotatable bonds is 8. The summed E-state index contributed by atoms with van der Waals surface area (Å²) in [6, 6.07) is 19.6. The number of fused-ring (bicyclic) bond motifs is 1. The third-order valence-electron chi connectivity index (χ3n) is 5.79. The largest absolute Gasteiger partial charge is 0.496 e. The second kappa shape index (κ2) is 10.2. The summed E-state index contributed by atoms with van der Waals surface area (Å²) in [6.45, 7) is 0.990. The average Bonchev–Trinajstić information content (AvgIpc) is 2.83. The van der Waals surface area contributed by atoms with E-state index >= 15 is 0 Å². The van der Waals surface area contributed by atoms with Crippen LogP contribution in [-0.2, 0) is 6.61 Å². The number of amides is 1. The van der Waals surface area contributed by atoms with Crippen LogP contribution < -0.4 is 14.8 Å². The fraction of sp³-hybridized carbons (Fsp3) is 0.296. The first-order valence-electron chi connectivity index (χ1n) is 11.0. The van der Waals surface area contributed by atoms with Crippen LogP contribution in [-0.4, -0.2) is 19.6 Å². The van der Waals surface area contributed by atoms with Gasteiger partial charge >= 0.3 is 0 Å². The Labute approximate surface area is 183 Å². The van der Waals surface area contributed by atoms with Crippen molar-refractivity contribution in [2.75, 3.05) is 13.7 Å². The van der Waals surface area contributed by atoms with E-state index in [0.717, 1.165) is 34.9 Å². The molecule has 0 saturated heterocycles. The van der Waals surface area contributed by atoms with Crippen molar-refractivity contribution in [3.8, 4) is 11.5 Å². The lowest BCUT2D eigenvalue weighted by Crippen LogP contribution is -2.25. The summed E-state index contributed by atoms with van der Waals surface area (Å²) in [5.74, 6) is 1.46. The molecule has 0 bridgehead atoms. The van der Waals surface area contributed by atoms with Crippen LogP contribution in [0, 0.1) is 0 Å². The van der Waals surface area contributed by atoms with E-state index in [-0.39, 0.29) is 5.91 Å². The van der Waals surface area contributed by atoms with Crippen molar-refractivity contribution in [3.63, 3.8) is 0 Å². The first-order chi connectivity index (χ1) is 15.2. The molecule has 1 N–H and O–H groups in total. The van der Waals surface area contributed by atoms with E-state index in [2.05, 4.69) is 23.5 Å². The molecule has 4 rings (SSSR count). The zero-order chi connectivity index (χ0) is 21.5. The van der Waals surface area contributed by atoms with Crippen molar-refractivity contribution in [3.05, 3.63) is 83.4 Å². The van der Waals surface area contributed by atoms with Gasteiger partial charge in [0.15, 0.2) is 0 Å². The van der Waals surface area contributed by atoms with Crippen molar-refractivity contribution < 1.29 is 14.3 Å². The summed E-state index contributed by atoms with van der Waals surface area (Å²) < 4.78 is 11.6. The molecule has 0 unspecified atom stereocenters. The third kappa shape index (κ3) is 5.26. The molecule has 1 aliphatic carbocycles. The van der Waals surface area contributed by atoms with Gasteiger partial charge < -0.3 is 14.8 Å². The number of nitrogens with one attached hydrogen (secondary N) is 1. The second-order valence-electron chi connectivity index (χ2n) is 7.91. The highest BCUT2D eigenvalue weighted by molar-refractivity contribution is 5.94. The molecule has 1 aliphatic rings. The maximum atomic E-state index is 12.7. The lowest BCUT2D eigenvalue weighted by Gasteiger charge is -2.14. The third-order valence-corrected chi connectivity index (χ3v) is 5.79. The Kier molecular flexibility index (Phi) is 6.88. The van der Waals surface area contributed by atoms with Gasteiger partial charge in [-0.2, -0.15) is 0 Å². The van der Waals surface area contributed by atoms with Gasteiger partial charge in [-0.25, -0.2) is 0 Å². The summed E-state index contributed by atoms with van der Waals surface area (Å²) in [5.41, 5.74) is 2.93. The predicted octanol–water partition coefficient (Wildman–Crippen LogP) is 6.05. The van der Waals surface area contributed by atoms with Crippen molar-refractivity contribution in [1.82, 2.24) is 5.32 Å². The molecule has 160 valence electrons. The van der Waals surface area contributed by atoms with Crippen LogP contribution in [0.2, 0.25) is 0 Å². The number of ether oxygens (including phenoxy) is 2. The molecule has 3 aromatic carbocycles. The smallest absolute Gasteiger partial charge is 0.251 e. The molecule has 31 heavy (non-hydrogen) atoms. The molecule has 0 radical (unpaired) electrons. The minimum absolute atomic E-state index is 0.0644. The maximum absolute atomic E-state index is 12.7. The lowest BCUT2D eigenvalue weighted by molar-refractivity contribution is 0.0954. The molecule has 0 heterocycles. The highest BCUT2D eigenvalue weighted by atomic mass is 16.5. The van der Waals surface area contributed by atoms with E-state index in [4.69, 9.17) is 9.47 Å². The average molecular weight is 416 g/mol. The standard InChI is InChI=1S/C27H29NO3/c1-30-25-15-14-22(27(29)28-17-16-20-8-3-2-4-9-20)18-23(25)19-31-26-13-7-11-21-10-5-6-12-24(21)26/h5-8,10-15,18H,2-4,9,16-17,19H2,1H3,(H,28,29). The van der Waals surface area contributed by atoms with Crippen LogP contribution in [0.25, 0.3) is 10.8 Å². The molecule has 3 aromatic rings. The molecular weight excluding hydrogens is 386 g/mol. The number of benzene rings is 3. The highest BCUT2D eigenvalue weighted by Crippen LogP contribution is 2.28. The van der Waals surface area contributed by atoms with E-state index in [1.165, 1.54) is 24.8 Å². The van der Waals surface area contributed by atoms with Gasteiger partial charge in [0.25, 0.3) is 5.91 Å². The van der Waals surface area contributed by atoms with E-state index in [0.29, 0.717) is 24.5 Å². The Morgan fingerprint density at radius 3 is 2.71 bits per heavy atom. The molecule has 0 aromatic heterocycles. The first-order valence-corrected chi connectivity index (χ1v) is 11.0. The Morgan fingerprint density at radius 1 is 1.00 bits per heavy atom. The number of hydrogen-bond donors (Lipinski definition) is 1. The Bertz CT molecular complexity index is 1080. The molecule has 4 nitrogen and oxygen atoms in total. The van der Waals surface area contributed by atoms with Crippen molar-refractivity contribution in [1.29, 1.82) is 0 Å². The van der Waals surface area contributed by atoms with Crippen LogP contribution in [0.1, 0.15) is 48.0 Å². The molecule has 4 heteroatoms. The molecule has 0 spiro atoms.